The van der Waals surface area contributed by atoms with Gasteiger partial charge >= 0.3 is 0 Å². The van der Waals surface area contributed by atoms with Crippen LogP contribution in [-0.4, -0.2) is 6.54 Å². The number of benzene rings is 1. The van der Waals surface area contributed by atoms with Crippen LogP contribution in [0.5, 0.6) is 0 Å². The molecule has 0 aromatic heterocycles. The molecule has 1 N–H and O–H groups in total. The Bertz CT molecular complexity index is 348. The molecule has 1 aliphatic rings. The van der Waals surface area contributed by atoms with Crippen molar-refractivity contribution in [2.75, 3.05) is 6.54 Å². The van der Waals surface area contributed by atoms with Crippen LogP contribution in [0.4, 0.5) is 4.39 Å². The zero-order valence-electron chi connectivity index (χ0n) is 7.49. The Hall–Kier alpha value is -0.310. The average Bonchev–Trinajstić information content (AvgIpc) is 2.64. The van der Waals surface area contributed by atoms with Crippen LogP contribution in [0.25, 0.3) is 0 Å². The minimum Gasteiger partial charge on any atom is -0.310 e. The first-order valence-electron chi connectivity index (χ1n) is 4.56. The van der Waals surface area contributed by atoms with Crippen molar-refractivity contribution in [3.8, 4) is 0 Å². The van der Waals surface area contributed by atoms with Gasteiger partial charge in [0.05, 0.1) is 5.02 Å². The van der Waals surface area contributed by atoms with Crippen LogP contribution < -0.4 is 5.32 Å². The molecule has 1 unspecified atom stereocenters. The molecule has 1 aromatic rings. The van der Waals surface area contributed by atoms with Gasteiger partial charge in [-0.05, 0) is 37.1 Å². The molecular formula is C10H10Cl2FN. The molecule has 1 atom stereocenters. The van der Waals surface area contributed by atoms with Gasteiger partial charge < -0.3 is 5.32 Å². The largest absolute Gasteiger partial charge is 0.310 e. The molecule has 1 aliphatic heterocycles. The second-order valence-corrected chi connectivity index (χ2v) is 4.25. The van der Waals surface area contributed by atoms with Crippen molar-refractivity contribution in [2.24, 2.45) is 0 Å². The Morgan fingerprint density at radius 3 is 2.71 bits per heavy atom. The minimum absolute atomic E-state index is 0.0803. The number of hydrogen-bond donors (Lipinski definition) is 1. The van der Waals surface area contributed by atoms with Crippen LogP contribution >= 0.6 is 23.2 Å². The maximum absolute atomic E-state index is 13.2. The maximum atomic E-state index is 13.2. The fourth-order valence-electron chi connectivity index (χ4n) is 1.75. The molecule has 0 spiro atoms. The highest BCUT2D eigenvalue weighted by Crippen LogP contribution is 2.32. The summed E-state index contributed by atoms with van der Waals surface area (Å²) in [4.78, 5) is 0. The molecule has 1 fully saturated rings. The van der Waals surface area contributed by atoms with E-state index in [4.69, 9.17) is 23.2 Å². The van der Waals surface area contributed by atoms with Crippen molar-refractivity contribution < 1.29 is 4.39 Å². The Balaban J connectivity index is 2.37. The van der Waals surface area contributed by atoms with Crippen LogP contribution in [0.2, 0.25) is 10.0 Å². The highest BCUT2D eigenvalue weighted by atomic mass is 35.5. The summed E-state index contributed by atoms with van der Waals surface area (Å²) in [6.07, 6.45) is 2.10. The smallest absolute Gasteiger partial charge is 0.142 e. The molecule has 0 radical (unpaired) electrons. The number of halogens is 3. The van der Waals surface area contributed by atoms with Crippen LogP contribution in [-0.2, 0) is 0 Å². The van der Waals surface area contributed by atoms with Gasteiger partial charge in [0.15, 0.2) is 0 Å². The van der Waals surface area contributed by atoms with Gasteiger partial charge in [-0.2, -0.15) is 0 Å². The monoisotopic (exact) mass is 233 g/mol. The van der Waals surface area contributed by atoms with Gasteiger partial charge in [-0.1, -0.05) is 23.2 Å². The molecule has 1 aromatic carbocycles. The van der Waals surface area contributed by atoms with Gasteiger partial charge in [0.25, 0.3) is 0 Å². The number of rotatable bonds is 1. The summed E-state index contributed by atoms with van der Waals surface area (Å²) in [6, 6.07) is 3.07. The first kappa shape index (κ1) is 10.2. The summed E-state index contributed by atoms with van der Waals surface area (Å²) in [7, 11) is 0. The zero-order chi connectivity index (χ0) is 10.1. The first-order valence-corrected chi connectivity index (χ1v) is 5.32. The van der Waals surface area contributed by atoms with Gasteiger partial charge in [-0.3, -0.25) is 0 Å². The van der Waals surface area contributed by atoms with E-state index < -0.39 is 5.82 Å². The highest BCUT2D eigenvalue weighted by Gasteiger charge is 2.20. The summed E-state index contributed by atoms with van der Waals surface area (Å²) in [5.41, 5.74) is 0.811. The second-order valence-electron chi connectivity index (χ2n) is 3.44. The third-order valence-corrected chi connectivity index (χ3v) is 3.09. The lowest BCUT2D eigenvalue weighted by atomic mass is 10.1. The molecule has 0 aliphatic carbocycles. The van der Waals surface area contributed by atoms with Crippen molar-refractivity contribution in [1.82, 2.24) is 5.32 Å². The van der Waals surface area contributed by atoms with Gasteiger partial charge in [-0.15, -0.1) is 0 Å². The van der Waals surface area contributed by atoms with E-state index in [1.54, 1.807) is 0 Å². The molecule has 76 valence electrons. The summed E-state index contributed by atoms with van der Waals surface area (Å²) >= 11 is 11.6. The molecule has 0 saturated carbocycles. The van der Waals surface area contributed by atoms with Gasteiger partial charge in [-0.25, -0.2) is 4.39 Å². The van der Waals surface area contributed by atoms with Crippen LogP contribution in [0, 0.1) is 5.82 Å². The van der Waals surface area contributed by atoms with Crippen molar-refractivity contribution in [1.29, 1.82) is 0 Å². The van der Waals surface area contributed by atoms with Crippen molar-refractivity contribution in [3.05, 3.63) is 33.6 Å². The fourth-order valence-corrected chi connectivity index (χ4v) is 2.27. The van der Waals surface area contributed by atoms with Gasteiger partial charge in [0.2, 0.25) is 0 Å². The normalized spacial score (nSPS) is 21.5. The quantitative estimate of drug-likeness (QED) is 0.732. The van der Waals surface area contributed by atoms with Crippen molar-refractivity contribution in [3.63, 3.8) is 0 Å². The zero-order valence-corrected chi connectivity index (χ0v) is 9.00. The molecule has 0 bridgehead atoms. The van der Waals surface area contributed by atoms with Crippen LogP contribution in [0.1, 0.15) is 24.4 Å². The van der Waals surface area contributed by atoms with E-state index >= 15 is 0 Å². The summed E-state index contributed by atoms with van der Waals surface area (Å²) in [5, 5.41) is 3.88. The SMILES string of the molecule is Fc1cc(C2CCCN2)c(Cl)cc1Cl. The maximum Gasteiger partial charge on any atom is 0.142 e. The molecule has 1 saturated heterocycles. The fraction of sp³-hybridized carbons (Fsp3) is 0.400. The minimum atomic E-state index is -0.403. The van der Waals surface area contributed by atoms with Gasteiger partial charge in [0.1, 0.15) is 5.82 Å². The van der Waals surface area contributed by atoms with E-state index in [0.29, 0.717) is 5.02 Å². The Morgan fingerprint density at radius 2 is 2.07 bits per heavy atom. The molecule has 1 nitrogen and oxygen atoms in total. The van der Waals surface area contributed by atoms with Crippen LogP contribution in [0.3, 0.4) is 0 Å². The first-order chi connectivity index (χ1) is 6.68. The van der Waals surface area contributed by atoms with E-state index in [1.165, 1.54) is 12.1 Å². The van der Waals surface area contributed by atoms with E-state index in [0.717, 1.165) is 24.9 Å². The molecule has 2 rings (SSSR count). The van der Waals surface area contributed by atoms with E-state index in [9.17, 15) is 4.39 Å². The third kappa shape index (κ3) is 1.88. The number of nitrogens with one attached hydrogen (secondary N) is 1. The van der Waals surface area contributed by atoms with Crippen LogP contribution in [0.15, 0.2) is 12.1 Å². The van der Waals surface area contributed by atoms with E-state index in [2.05, 4.69) is 5.32 Å². The Morgan fingerprint density at radius 1 is 1.29 bits per heavy atom. The average molecular weight is 234 g/mol. The van der Waals surface area contributed by atoms with E-state index in [-0.39, 0.29) is 11.1 Å². The predicted octanol–water partition coefficient (Wildman–Crippen LogP) is 3.56. The highest BCUT2D eigenvalue weighted by molar-refractivity contribution is 6.35. The standard InChI is InChI=1S/C10H10Cl2FN/c11-7-5-8(12)9(13)4-6(7)10-2-1-3-14-10/h4-5,10,14H,1-3H2. The van der Waals surface area contributed by atoms with E-state index in [1.807, 2.05) is 0 Å². The summed E-state index contributed by atoms with van der Waals surface area (Å²) < 4.78 is 13.2. The third-order valence-electron chi connectivity index (χ3n) is 2.48. The van der Waals surface area contributed by atoms with Gasteiger partial charge in [0, 0.05) is 11.1 Å². The second kappa shape index (κ2) is 4.05. The predicted molar refractivity (Wildman–Crippen MR) is 56.4 cm³/mol. The molecular weight excluding hydrogens is 224 g/mol. The Labute approximate surface area is 92.2 Å². The molecule has 1 heterocycles. The van der Waals surface area contributed by atoms with Crippen molar-refractivity contribution in [2.45, 2.75) is 18.9 Å². The number of hydrogen-bond acceptors (Lipinski definition) is 1. The lowest BCUT2D eigenvalue weighted by Gasteiger charge is -2.13. The lowest BCUT2D eigenvalue weighted by molar-refractivity contribution is 0.607. The molecule has 4 heteroatoms. The Kier molecular flexibility index (Phi) is 2.96. The summed E-state index contributed by atoms with van der Waals surface area (Å²) in [6.45, 7) is 0.964. The molecule has 0 amide bonds. The lowest BCUT2D eigenvalue weighted by Crippen LogP contribution is -2.13. The summed E-state index contributed by atoms with van der Waals surface area (Å²) in [5.74, 6) is -0.403. The molecule has 14 heavy (non-hydrogen) atoms. The van der Waals surface area contributed by atoms with Crippen molar-refractivity contribution >= 4 is 23.2 Å². The topological polar surface area (TPSA) is 12.0 Å².